The molecule has 3 aromatic heterocycles. The van der Waals surface area contributed by atoms with Crippen LogP contribution in [0.2, 0.25) is 5.02 Å². The van der Waals surface area contributed by atoms with Gasteiger partial charge in [-0.1, -0.05) is 11.6 Å². The molecular weight excluding hydrogens is 536 g/mol. The van der Waals surface area contributed by atoms with Crippen molar-refractivity contribution in [2.75, 3.05) is 27.4 Å². The molecule has 0 bridgehead atoms. The Morgan fingerprint density at radius 2 is 1.93 bits per heavy atom. The molecular formula is C29H27ClN4O6. The smallest absolute Gasteiger partial charge is 0.358 e. The standard InChI is InChI=1S/C29H27ClN4O6/c1-4-40-29(37)23-16-33-9-7-18(12-27(33)32-23)11-25(35)24(8-10-38-2)34-17-26(39-3)22(14-28(34)36)21-13-20(30)6-5-19(21)15-31/h5-7,9,12-14,16-17,24H,4,8,10-11H2,1-3H3. The number of halogens is 1. The highest BCUT2D eigenvalue weighted by atomic mass is 35.5. The molecule has 4 rings (SSSR count). The van der Waals surface area contributed by atoms with E-state index in [1.165, 1.54) is 31.0 Å². The number of Topliss-reactive ketones (excluding diaryl/α,β-unsaturated/α-hetero) is 1. The monoisotopic (exact) mass is 562 g/mol. The Bertz CT molecular complexity index is 1670. The second-order valence-electron chi connectivity index (χ2n) is 8.89. The second-order valence-corrected chi connectivity index (χ2v) is 9.33. The lowest BCUT2D eigenvalue weighted by molar-refractivity contribution is -0.122. The Morgan fingerprint density at radius 1 is 1.12 bits per heavy atom. The zero-order chi connectivity index (χ0) is 28.8. The van der Waals surface area contributed by atoms with Gasteiger partial charge in [-0.25, -0.2) is 9.78 Å². The maximum atomic E-state index is 13.6. The number of nitrogens with zero attached hydrogens (tertiary/aromatic N) is 4. The summed E-state index contributed by atoms with van der Waals surface area (Å²) in [7, 11) is 2.96. The summed E-state index contributed by atoms with van der Waals surface area (Å²) < 4.78 is 18.8. The number of rotatable bonds is 11. The van der Waals surface area contributed by atoms with Crippen LogP contribution in [0.5, 0.6) is 5.75 Å². The number of nitriles is 1. The van der Waals surface area contributed by atoms with Gasteiger partial charge in [-0.05, 0) is 49.2 Å². The summed E-state index contributed by atoms with van der Waals surface area (Å²) in [6.07, 6.45) is 5.00. The zero-order valence-corrected chi connectivity index (χ0v) is 23.0. The van der Waals surface area contributed by atoms with E-state index in [1.54, 1.807) is 54.0 Å². The number of benzene rings is 1. The lowest BCUT2D eigenvalue weighted by atomic mass is 9.99. The van der Waals surface area contributed by atoms with Gasteiger partial charge in [0.2, 0.25) is 0 Å². The van der Waals surface area contributed by atoms with Gasteiger partial charge in [0.1, 0.15) is 11.4 Å². The predicted molar refractivity (Wildman–Crippen MR) is 148 cm³/mol. The van der Waals surface area contributed by atoms with E-state index in [0.29, 0.717) is 38.7 Å². The molecule has 3 heterocycles. The molecule has 206 valence electrons. The average molecular weight is 563 g/mol. The third kappa shape index (κ3) is 6.06. The van der Waals surface area contributed by atoms with Gasteiger partial charge in [0.25, 0.3) is 5.56 Å². The Balaban J connectivity index is 1.69. The minimum atomic E-state index is -0.851. The molecule has 40 heavy (non-hydrogen) atoms. The quantitative estimate of drug-likeness (QED) is 0.248. The fraction of sp³-hybridized carbons (Fsp3) is 0.276. The fourth-order valence-electron chi connectivity index (χ4n) is 4.42. The van der Waals surface area contributed by atoms with Crippen molar-refractivity contribution in [3.63, 3.8) is 0 Å². The summed E-state index contributed by atoms with van der Waals surface area (Å²) in [5, 5.41) is 9.97. The van der Waals surface area contributed by atoms with Crippen molar-refractivity contribution in [1.29, 1.82) is 5.26 Å². The number of ketones is 1. The number of esters is 1. The van der Waals surface area contributed by atoms with E-state index in [0.717, 1.165) is 0 Å². The Labute approximate surface area is 235 Å². The number of pyridine rings is 2. The number of carbonyl (C=O) groups excluding carboxylic acids is 2. The first-order valence-electron chi connectivity index (χ1n) is 12.5. The summed E-state index contributed by atoms with van der Waals surface area (Å²) in [5.41, 5.74) is 2.04. The molecule has 0 saturated heterocycles. The first kappa shape index (κ1) is 28.5. The van der Waals surface area contributed by atoms with Crippen molar-refractivity contribution in [1.82, 2.24) is 14.0 Å². The molecule has 0 aliphatic carbocycles. The third-order valence-electron chi connectivity index (χ3n) is 6.35. The molecule has 11 heteroatoms. The molecule has 0 aliphatic heterocycles. The van der Waals surface area contributed by atoms with Crippen LogP contribution in [0.4, 0.5) is 0 Å². The molecule has 10 nitrogen and oxygen atoms in total. The number of fused-ring (bicyclic) bond motifs is 1. The van der Waals surface area contributed by atoms with Gasteiger partial charge < -0.3 is 23.2 Å². The van der Waals surface area contributed by atoms with E-state index < -0.39 is 17.6 Å². The molecule has 1 unspecified atom stereocenters. The number of imidazole rings is 1. The van der Waals surface area contributed by atoms with E-state index in [2.05, 4.69) is 11.1 Å². The fourth-order valence-corrected chi connectivity index (χ4v) is 4.60. The van der Waals surface area contributed by atoms with Gasteiger partial charge >= 0.3 is 5.97 Å². The molecule has 0 N–H and O–H groups in total. The first-order chi connectivity index (χ1) is 19.3. The summed E-state index contributed by atoms with van der Waals surface area (Å²) in [6.45, 7) is 2.19. The van der Waals surface area contributed by atoms with Crippen LogP contribution in [0.1, 0.15) is 41.0 Å². The van der Waals surface area contributed by atoms with Crippen LogP contribution in [0.15, 0.2) is 59.8 Å². The minimum Gasteiger partial charge on any atom is -0.495 e. The Kier molecular flexibility index (Phi) is 8.99. The topological polar surface area (TPSA) is 125 Å². The molecule has 0 saturated carbocycles. The zero-order valence-electron chi connectivity index (χ0n) is 22.2. The summed E-state index contributed by atoms with van der Waals surface area (Å²) >= 11 is 6.16. The van der Waals surface area contributed by atoms with Crippen LogP contribution in [0.3, 0.4) is 0 Å². The van der Waals surface area contributed by atoms with E-state index >= 15 is 0 Å². The highest BCUT2D eigenvalue weighted by Crippen LogP contribution is 2.33. The molecule has 1 aromatic carbocycles. The van der Waals surface area contributed by atoms with Crippen LogP contribution in [0.25, 0.3) is 16.8 Å². The van der Waals surface area contributed by atoms with Crippen LogP contribution >= 0.6 is 11.6 Å². The van der Waals surface area contributed by atoms with Crippen LogP contribution in [-0.2, 0) is 20.7 Å². The predicted octanol–water partition coefficient (Wildman–Crippen LogP) is 4.26. The second kappa shape index (κ2) is 12.6. The molecule has 0 fully saturated rings. The number of hydrogen-bond donors (Lipinski definition) is 0. The normalized spacial score (nSPS) is 11.7. The van der Waals surface area contributed by atoms with Crippen molar-refractivity contribution >= 4 is 29.0 Å². The number of ether oxygens (including phenoxy) is 3. The van der Waals surface area contributed by atoms with Gasteiger partial charge in [0.05, 0.1) is 37.6 Å². The SMILES string of the molecule is CCOC(=O)c1cn2ccc(CC(=O)C(CCOC)n3cc(OC)c(-c4cc(Cl)ccc4C#N)cc3=O)cc2n1. The minimum absolute atomic E-state index is 0.00978. The van der Waals surface area contributed by atoms with Gasteiger partial charge in [-0.3, -0.25) is 9.59 Å². The molecule has 0 radical (unpaired) electrons. The first-order valence-corrected chi connectivity index (χ1v) is 12.8. The van der Waals surface area contributed by atoms with Crippen LogP contribution < -0.4 is 10.3 Å². The molecule has 0 spiro atoms. The highest BCUT2D eigenvalue weighted by Gasteiger charge is 2.24. The number of aromatic nitrogens is 3. The van der Waals surface area contributed by atoms with Crippen LogP contribution in [-0.4, -0.2) is 53.1 Å². The van der Waals surface area contributed by atoms with Crippen molar-refractivity contribution in [2.24, 2.45) is 0 Å². The lowest BCUT2D eigenvalue weighted by Crippen LogP contribution is -2.31. The van der Waals surface area contributed by atoms with Gasteiger partial charge in [-0.15, -0.1) is 0 Å². The maximum Gasteiger partial charge on any atom is 0.358 e. The van der Waals surface area contributed by atoms with Gasteiger partial charge in [0, 0.05) is 54.7 Å². The number of carbonyl (C=O) groups is 2. The van der Waals surface area contributed by atoms with Crippen molar-refractivity contribution in [3.8, 4) is 22.9 Å². The van der Waals surface area contributed by atoms with E-state index in [1.807, 2.05) is 0 Å². The Hall–Kier alpha value is -4.46. The highest BCUT2D eigenvalue weighted by molar-refractivity contribution is 6.31. The van der Waals surface area contributed by atoms with E-state index in [-0.39, 0.29) is 37.5 Å². The van der Waals surface area contributed by atoms with Gasteiger partial charge in [0.15, 0.2) is 11.5 Å². The summed E-state index contributed by atoms with van der Waals surface area (Å²) in [6, 6.07) is 10.8. The van der Waals surface area contributed by atoms with Crippen molar-refractivity contribution in [3.05, 3.63) is 87.2 Å². The lowest BCUT2D eigenvalue weighted by Gasteiger charge is -2.21. The maximum absolute atomic E-state index is 13.6. The molecule has 4 aromatic rings. The Morgan fingerprint density at radius 3 is 2.62 bits per heavy atom. The summed E-state index contributed by atoms with van der Waals surface area (Å²) in [4.78, 5) is 43.3. The van der Waals surface area contributed by atoms with E-state index in [4.69, 9.17) is 25.8 Å². The third-order valence-corrected chi connectivity index (χ3v) is 6.58. The largest absolute Gasteiger partial charge is 0.495 e. The van der Waals surface area contributed by atoms with Crippen molar-refractivity contribution in [2.45, 2.75) is 25.8 Å². The van der Waals surface area contributed by atoms with Crippen molar-refractivity contribution < 1.29 is 23.8 Å². The molecule has 0 aliphatic rings. The molecule has 0 amide bonds. The summed E-state index contributed by atoms with van der Waals surface area (Å²) in [5.74, 6) is -0.449. The average Bonchev–Trinajstić information content (AvgIpc) is 3.37. The van der Waals surface area contributed by atoms with Gasteiger partial charge in [-0.2, -0.15) is 5.26 Å². The molecule has 1 atom stereocenters. The number of methoxy groups -OCH3 is 2. The van der Waals surface area contributed by atoms with E-state index in [9.17, 15) is 19.6 Å². The van der Waals surface area contributed by atoms with Crippen LogP contribution in [0, 0.1) is 11.3 Å². The number of hydrogen-bond acceptors (Lipinski definition) is 8.